The molecule has 126 valence electrons. The van der Waals surface area contributed by atoms with Gasteiger partial charge in [0, 0.05) is 5.41 Å². The summed E-state index contributed by atoms with van der Waals surface area (Å²) in [6, 6.07) is 0. The number of hydrogen-bond donors (Lipinski definition) is 1. The molecule has 1 saturated carbocycles. The van der Waals surface area contributed by atoms with Crippen LogP contribution in [0.1, 0.15) is 46.5 Å². The van der Waals surface area contributed by atoms with Crippen LogP contribution in [0, 0.1) is 17.3 Å². The highest BCUT2D eigenvalue weighted by Crippen LogP contribution is 2.33. The minimum Gasteiger partial charge on any atom is -0.481 e. The summed E-state index contributed by atoms with van der Waals surface area (Å²) >= 11 is 0. The van der Waals surface area contributed by atoms with Crippen molar-refractivity contribution in [1.82, 2.24) is 0 Å². The summed E-state index contributed by atoms with van der Waals surface area (Å²) < 4.78 is 16.6. The third-order valence-electron chi connectivity index (χ3n) is 4.49. The lowest BCUT2D eigenvalue weighted by molar-refractivity contribution is -0.287. The molecule has 1 N–H and O–H groups in total. The second-order valence-electron chi connectivity index (χ2n) is 7.23. The fourth-order valence-electron chi connectivity index (χ4n) is 2.92. The highest BCUT2D eigenvalue weighted by atomic mass is 16.7. The molecule has 0 amide bonds. The quantitative estimate of drug-likeness (QED) is 0.801. The molecule has 0 aromatic carbocycles. The second-order valence-corrected chi connectivity index (χ2v) is 7.23. The number of carboxylic acid groups (broad SMARTS) is 1. The molecule has 2 atom stereocenters. The highest BCUT2D eigenvalue weighted by molar-refractivity contribution is 5.81. The smallest absolute Gasteiger partial charge is 0.309 e. The van der Waals surface area contributed by atoms with Crippen molar-refractivity contribution in [3.8, 4) is 0 Å². The molecule has 2 rings (SSSR count). The summed E-state index contributed by atoms with van der Waals surface area (Å²) in [5.74, 6) is -3.07. The van der Waals surface area contributed by atoms with Crippen LogP contribution in [-0.2, 0) is 23.8 Å². The van der Waals surface area contributed by atoms with Gasteiger partial charge in [0.1, 0.15) is 6.61 Å². The molecular formula is C16H26O6. The van der Waals surface area contributed by atoms with Crippen molar-refractivity contribution in [3.05, 3.63) is 0 Å². The van der Waals surface area contributed by atoms with Crippen molar-refractivity contribution in [2.24, 2.45) is 17.3 Å². The van der Waals surface area contributed by atoms with Gasteiger partial charge in [-0.25, -0.2) is 0 Å². The molecule has 1 saturated heterocycles. The Kier molecular flexibility index (Phi) is 5.12. The molecule has 0 spiro atoms. The molecule has 0 bridgehead atoms. The van der Waals surface area contributed by atoms with Crippen LogP contribution in [0.3, 0.4) is 0 Å². The summed E-state index contributed by atoms with van der Waals surface area (Å²) in [4.78, 5) is 23.5. The largest absolute Gasteiger partial charge is 0.481 e. The first-order chi connectivity index (χ1) is 10.2. The van der Waals surface area contributed by atoms with Crippen LogP contribution in [0.25, 0.3) is 0 Å². The molecule has 0 aromatic rings. The van der Waals surface area contributed by atoms with Crippen LogP contribution < -0.4 is 0 Å². The first-order valence-corrected chi connectivity index (χ1v) is 7.90. The Morgan fingerprint density at radius 1 is 1.09 bits per heavy atom. The zero-order chi connectivity index (χ0) is 16.4. The van der Waals surface area contributed by atoms with Crippen LogP contribution >= 0.6 is 0 Å². The van der Waals surface area contributed by atoms with Crippen molar-refractivity contribution in [3.63, 3.8) is 0 Å². The van der Waals surface area contributed by atoms with E-state index in [0.29, 0.717) is 26.1 Å². The average Bonchev–Trinajstić information content (AvgIpc) is 2.48. The Hall–Kier alpha value is -1.14. The number of esters is 1. The van der Waals surface area contributed by atoms with E-state index >= 15 is 0 Å². The number of carbonyl (C=O) groups is 2. The molecule has 0 radical (unpaired) electrons. The standard InChI is InChI=1S/C16H26O6/c1-15(2)21-9-16(3,10-22-15)8-20-14(19)12-7-5-4-6-11(12)13(17)18/h11-12H,4-10H2,1-3H3,(H,17,18). The molecule has 22 heavy (non-hydrogen) atoms. The van der Waals surface area contributed by atoms with Crippen LogP contribution in [0.15, 0.2) is 0 Å². The van der Waals surface area contributed by atoms with Crippen LogP contribution in [0.2, 0.25) is 0 Å². The van der Waals surface area contributed by atoms with Gasteiger partial charge in [-0.15, -0.1) is 0 Å². The van der Waals surface area contributed by atoms with E-state index in [-0.39, 0.29) is 6.61 Å². The number of rotatable bonds is 4. The van der Waals surface area contributed by atoms with Crippen molar-refractivity contribution >= 4 is 11.9 Å². The maximum Gasteiger partial charge on any atom is 0.309 e. The molecule has 2 fully saturated rings. The molecule has 0 aromatic heterocycles. The van der Waals surface area contributed by atoms with Gasteiger partial charge < -0.3 is 19.3 Å². The van der Waals surface area contributed by atoms with Crippen LogP contribution in [-0.4, -0.2) is 42.7 Å². The third-order valence-corrected chi connectivity index (χ3v) is 4.49. The second kappa shape index (κ2) is 6.54. The lowest BCUT2D eigenvalue weighted by atomic mass is 9.79. The van der Waals surface area contributed by atoms with Gasteiger partial charge in [0.25, 0.3) is 0 Å². The van der Waals surface area contributed by atoms with Crippen molar-refractivity contribution in [1.29, 1.82) is 0 Å². The Labute approximate surface area is 131 Å². The molecule has 1 aliphatic heterocycles. The van der Waals surface area contributed by atoms with E-state index < -0.39 is 35.0 Å². The van der Waals surface area contributed by atoms with Gasteiger partial charge in [-0.2, -0.15) is 0 Å². The lowest BCUT2D eigenvalue weighted by Gasteiger charge is -2.41. The van der Waals surface area contributed by atoms with E-state index in [9.17, 15) is 14.7 Å². The number of carbonyl (C=O) groups excluding carboxylic acids is 1. The van der Waals surface area contributed by atoms with Gasteiger partial charge >= 0.3 is 11.9 Å². The number of hydrogen-bond acceptors (Lipinski definition) is 5. The topological polar surface area (TPSA) is 82.1 Å². The van der Waals surface area contributed by atoms with E-state index in [1.807, 2.05) is 20.8 Å². The summed E-state index contributed by atoms with van der Waals surface area (Å²) in [5.41, 5.74) is -0.390. The zero-order valence-electron chi connectivity index (χ0n) is 13.6. The maximum absolute atomic E-state index is 12.3. The molecule has 2 unspecified atom stereocenters. The van der Waals surface area contributed by atoms with Crippen LogP contribution in [0.4, 0.5) is 0 Å². The van der Waals surface area contributed by atoms with Crippen molar-refractivity contribution < 1.29 is 28.9 Å². The Bertz CT molecular complexity index is 420. The van der Waals surface area contributed by atoms with Gasteiger partial charge in [0.2, 0.25) is 0 Å². The summed E-state index contributed by atoms with van der Waals surface area (Å²) in [7, 11) is 0. The fraction of sp³-hybridized carbons (Fsp3) is 0.875. The number of ether oxygens (including phenoxy) is 3. The fourth-order valence-corrected chi connectivity index (χ4v) is 2.92. The Morgan fingerprint density at radius 2 is 1.64 bits per heavy atom. The minimum atomic E-state index is -0.904. The normalized spacial score (nSPS) is 30.5. The molecule has 1 aliphatic carbocycles. The molecule has 6 heteroatoms. The van der Waals surface area contributed by atoms with Crippen molar-refractivity contribution in [2.75, 3.05) is 19.8 Å². The molecular weight excluding hydrogens is 288 g/mol. The van der Waals surface area contributed by atoms with Crippen LogP contribution in [0.5, 0.6) is 0 Å². The van der Waals surface area contributed by atoms with Gasteiger partial charge in [-0.1, -0.05) is 19.8 Å². The van der Waals surface area contributed by atoms with Gasteiger partial charge in [0.05, 0.1) is 25.0 Å². The lowest BCUT2D eigenvalue weighted by Crippen LogP contribution is -2.48. The first-order valence-electron chi connectivity index (χ1n) is 7.90. The van der Waals surface area contributed by atoms with E-state index in [1.165, 1.54) is 0 Å². The minimum absolute atomic E-state index is 0.185. The maximum atomic E-state index is 12.3. The molecule has 6 nitrogen and oxygen atoms in total. The number of carboxylic acids is 1. The monoisotopic (exact) mass is 314 g/mol. The first kappa shape index (κ1) is 17.2. The molecule has 2 aliphatic rings. The summed E-state index contributed by atoms with van der Waals surface area (Å²) in [6.45, 7) is 6.70. The molecule has 1 heterocycles. The van der Waals surface area contributed by atoms with Gasteiger partial charge in [-0.3, -0.25) is 9.59 Å². The summed E-state index contributed by atoms with van der Waals surface area (Å²) in [5, 5.41) is 9.24. The predicted molar refractivity (Wildman–Crippen MR) is 78.1 cm³/mol. The SMILES string of the molecule is CC1(COC(=O)C2CCCCC2C(=O)O)COC(C)(C)OC1. The average molecular weight is 314 g/mol. The van der Waals surface area contributed by atoms with E-state index in [4.69, 9.17) is 14.2 Å². The highest BCUT2D eigenvalue weighted by Gasteiger charge is 2.40. The Morgan fingerprint density at radius 3 is 2.18 bits per heavy atom. The van der Waals surface area contributed by atoms with E-state index in [2.05, 4.69) is 0 Å². The van der Waals surface area contributed by atoms with Gasteiger partial charge in [-0.05, 0) is 26.7 Å². The number of aliphatic carboxylic acids is 1. The Balaban J connectivity index is 1.88. The van der Waals surface area contributed by atoms with E-state index in [0.717, 1.165) is 12.8 Å². The zero-order valence-corrected chi connectivity index (χ0v) is 13.6. The van der Waals surface area contributed by atoms with Gasteiger partial charge in [0.15, 0.2) is 5.79 Å². The predicted octanol–water partition coefficient (Wildman–Crippen LogP) is 2.21. The van der Waals surface area contributed by atoms with E-state index in [1.54, 1.807) is 0 Å². The van der Waals surface area contributed by atoms with Crippen molar-refractivity contribution in [2.45, 2.75) is 52.2 Å². The summed E-state index contributed by atoms with van der Waals surface area (Å²) in [6.07, 6.45) is 2.87. The third kappa shape index (κ3) is 4.20.